The van der Waals surface area contributed by atoms with Crippen molar-refractivity contribution in [2.75, 3.05) is 0 Å². The van der Waals surface area contributed by atoms with Gasteiger partial charge in [-0.3, -0.25) is 9.59 Å². The molecule has 1 unspecified atom stereocenters. The molecular formula is C28H32N2O2. The molecule has 0 aliphatic heterocycles. The van der Waals surface area contributed by atoms with Gasteiger partial charge in [-0.2, -0.15) is 0 Å². The van der Waals surface area contributed by atoms with Crippen LogP contribution in [0.15, 0.2) is 72.8 Å². The molecular weight excluding hydrogens is 396 g/mol. The fourth-order valence-corrected chi connectivity index (χ4v) is 4.65. The third-order valence-electron chi connectivity index (χ3n) is 6.55. The molecule has 1 saturated carbocycles. The normalized spacial score (nSPS) is 14.9. The molecule has 0 bridgehead atoms. The number of benzene rings is 3. The molecule has 0 aromatic heterocycles. The lowest BCUT2D eigenvalue weighted by atomic mass is 10.0. The summed E-state index contributed by atoms with van der Waals surface area (Å²) in [7, 11) is 0. The highest BCUT2D eigenvalue weighted by Crippen LogP contribution is 2.21. The Labute approximate surface area is 190 Å². The summed E-state index contributed by atoms with van der Waals surface area (Å²) >= 11 is 0. The van der Waals surface area contributed by atoms with Gasteiger partial charge in [0.05, 0.1) is 0 Å². The van der Waals surface area contributed by atoms with Crippen molar-refractivity contribution in [3.8, 4) is 0 Å². The molecule has 4 heteroatoms. The van der Waals surface area contributed by atoms with E-state index in [-0.39, 0.29) is 17.9 Å². The van der Waals surface area contributed by atoms with Crippen LogP contribution in [0.1, 0.15) is 50.2 Å². The van der Waals surface area contributed by atoms with E-state index in [2.05, 4.69) is 29.6 Å². The first-order chi connectivity index (χ1) is 15.6. The Morgan fingerprint density at radius 3 is 2.41 bits per heavy atom. The van der Waals surface area contributed by atoms with E-state index >= 15 is 0 Å². The minimum atomic E-state index is -0.504. The van der Waals surface area contributed by atoms with Crippen LogP contribution in [-0.2, 0) is 22.6 Å². The number of rotatable bonds is 8. The maximum absolute atomic E-state index is 13.4. The zero-order valence-electron chi connectivity index (χ0n) is 18.8. The van der Waals surface area contributed by atoms with E-state index in [1.165, 1.54) is 16.3 Å². The molecule has 166 valence electrons. The molecule has 2 amide bonds. The highest BCUT2D eigenvalue weighted by atomic mass is 16.2. The number of fused-ring (bicyclic) bond motifs is 1. The van der Waals surface area contributed by atoms with E-state index < -0.39 is 6.04 Å². The van der Waals surface area contributed by atoms with Crippen molar-refractivity contribution < 1.29 is 9.59 Å². The van der Waals surface area contributed by atoms with Gasteiger partial charge in [-0.15, -0.1) is 0 Å². The number of hydrogen-bond donors (Lipinski definition) is 1. The van der Waals surface area contributed by atoms with E-state index in [9.17, 15) is 9.59 Å². The quantitative estimate of drug-likeness (QED) is 0.533. The van der Waals surface area contributed by atoms with Gasteiger partial charge >= 0.3 is 0 Å². The van der Waals surface area contributed by atoms with Crippen LogP contribution in [0, 0.1) is 0 Å². The third kappa shape index (κ3) is 5.37. The van der Waals surface area contributed by atoms with Gasteiger partial charge in [0.1, 0.15) is 6.04 Å². The number of hydrogen-bond acceptors (Lipinski definition) is 2. The van der Waals surface area contributed by atoms with Crippen LogP contribution in [0.3, 0.4) is 0 Å². The van der Waals surface area contributed by atoms with Gasteiger partial charge in [0.25, 0.3) is 0 Å². The predicted molar refractivity (Wildman–Crippen MR) is 129 cm³/mol. The van der Waals surface area contributed by atoms with Crippen molar-refractivity contribution >= 4 is 22.6 Å². The minimum Gasteiger partial charge on any atom is -0.352 e. The van der Waals surface area contributed by atoms with E-state index in [0.29, 0.717) is 19.4 Å². The molecule has 32 heavy (non-hydrogen) atoms. The van der Waals surface area contributed by atoms with Crippen molar-refractivity contribution in [1.82, 2.24) is 10.2 Å². The number of nitrogens with one attached hydrogen (secondary N) is 1. The van der Waals surface area contributed by atoms with Gasteiger partial charge in [0.2, 0.25) is 11.8 Å². The predicted octanol–water partition coefficient (Wildman–Crippen LogP) is 5.25. The summed E-state index contributed by atoms with van der Waals surface area (Å²) in [5.41, 5.74) is 2.20. The standard InChI is InChI=1S/C28H32N2O2/c1-21(28(32)29-25-15-6-7-16-25)30(20-22-10-3-2-4-11-22)27(31)19-18-24-14-9-13-23-12-5-8-17-26(23)24/h2-5,8-14,17,21,25H,6-7,15-16,18-20H2,1H3,(H,29,32). The smallest absolute Gasteiger partial charge is 0.242 e. The number of carbonyl (C=O) groups excluding carboxylic acids is 2. The minimum absolute atomic E-state index is 0.0101. The van der Waals surface area contributed by atoms with Gasteiger partial charge < -0.3 is 10.2 Å². The Morgan fingerprint density at radius 1 is 0.938 bits per heavy atom. The van der Waals surface area contributed by atoms with E-state index in [0.717, 1.165) is 31.2 Å². The number of amides is 2. The molecule has 1 aliphatic carbocycles. The lowest BCUT2D eigenvalue weighted by molar-refractivity contribution is -0.140. The Morgan fingerprint density at radius 2 is 1.62 bits per heavy atom. The molecule has 0 saturated heterocycles. The topological polar surface area (TPSA) is 49.4 Å². The molecule has 4 nitrogen and oxygen atoms in total. The lowest BCUT2D eigenvalue weighted by Crippen LogP contribution is -2.49. The van der Waals surface area contributed by atoms with Gasteiger partial charge in [-0.05, 0) is 48.1 Å². The molecule has 4 rings (SSSR count). The van der Waals surface area contributed by atoms with Crippen molar-refractivity contribution in [3.63, 3.8) is 0 Å². The summed E-state index contributed by atoms with van der Waals surface area (Å²) in [6, 6.07) is 24.2. The number of aryl methyl sites for hydroxylation is 1. The first-order valence-corrected chi connectivity index (χ1v) is 11.7. The highest BCUT2D eigenvalue weighted by Gasteiger charge is 2.28. The van der Waals surface area contributed by atoms with Gasteiger partial charge in [-0.1, -0.05) is 85.6 Å². The molecule has 1 N–H and O–H groups in total. The molecule has 1 aliphatic rings. The van der Waals surface area contributed by atoms with E-state index in [1.807, 2.05) is 55.5 Å². The molecule has 1 fully saturated rings. The second kappa shape index (κ2) is 10.4. The van der Waals surface area contributed by atoms with Gasteiger partial charge in [-0.25, -0.2) is 0 Å². The third-order valence-corrected chi connectivity index (χ3v) is 6.55. The van der Waals surface area contributed by atoms with Gasteiger partial charge in [0.15, 0.2) is 0 Å². The number of nitrogens with zero attached hydrogens (tertiary/aromatic N) is 1. The molecule has 3 aromatic rings. The van der Waals surface area contributed by atoms with Crippen molar-refractivity contribution in [1.29, 1.82) is 0 Å². The zero-order valence-corrected chi connectivity index (χ0v) is 18.8. The summed E-state index contributed by atoms with van der Waals surface area (Å²) in [6.07, 6.45) is 5.43. The first kappa shape index (κ1) is 22.1. The Kier molecular flexibility index (Phi) is 7.21. The summed E-state index contributed by atoms with van der Waals surface area (Å²) in [6.45, 7) is 2.29. The fraction of sp³-hybridized carbons (Fsp3) is 0.357. The van der Waals surface area contributed by atoms with E-state index in [1.54, 1.807) is 4.90 Å². The first-order valence-electron chi connectivity index (χ1n) is 11.7. The van der Waals surface area contributed by atoms with Crippen LogP contribution in [-0.4, -0.2) is 28.8 Å². The van der Waals surface area contributed by atoms with E-state index in [4.69, 9.17) is 0 Å². The largest absolute Gasteiger partial charge is 0.352 e. The molecule has 0 radical (unpaired) electrons. The summed E-state index contributed by atoms with van der Waals surface area (Å²) in [5.74, 6) is -0.0396. The summed E-state index contributed by atoms with van der Waals surface area (Å²) < 4.78 is 0. The van der Waals surface area contributed by atoms with Crippen LogP contribution >= 0.6 is 0 Å². The average molecular weight is 429 g/mol. The van der Waals surface area contributed by atoms with Gasteiger partial charge in [0, 0.05) is 19.0 Å². The molecule has 1 atom stereocenters. The monoisotopic (exact) mass is 428 g/mol. The summed E-state index contributed by atoms with van der Waals surface area (Å²) in [4.78, 5) is 28.1. The molecule has 0 heterocycles. The Balaban J connectivity index is 1.48. The second-order valence-corrected chi connectivity index (χ2v) is 8.81. The Bertz CT molecular complexity index is 1050. The second-order valence-electron chi connectivity index (χ2n) is 8.81. The van der Waals surface area contributed by atoms with Crippen molar-refractivity contribution in [2.45, 2.75) is 64.1 Å². The van der Waals surface area contributed by atoms with Crippen molar-refractivity contribution in [2.24, 2.45) is 0 Å². The number of carbonyl (C=O) groups is 2. The van der Waals surface area contributed by atoms with Crippen LogP contribution in [0.2, 0.25) is 0 Å². The fourth-order valence-electron chi connectivity index (χ4n) is 4.65. The highest BCUT2D eigenvalue weighted by molar-refractivity contribution is 5.89. The Hall–Kier alpha value is -3.14. The van der Waals surface area contributed by atoms with Crippen LogP contribution in [0.4, 0.5) is 0 Å². The molecule has 0 spiro atoms. The maximum atomic E-state index is 13.4. The molecule has 3 aromatic carbocycles. The average Bonchev–Trinajstić information content (AvgIpc) is 3.34. The lowest BCUT2D eigenvalue weighted by Gasteiger charge is -2.30. The van der Waals surface area contributed by atoms with Crippen LogP contribution in [0.25, 0.3) is 10.8 Å². The maximum Gasteiger partial charge on any atom is 0.242 e. The van der Waals surface area contributed by atoms with Crippen LogP contribution < -0.4 is 5.32 Å². The summed E-state index contributed by atoms with van der Waals surface area (Å²) in [5, 5.41) is 5.53. The zero-order chi connectivity index (χ0) is 22.3. The van der Waals surface area contributed by atoms with Crippen LogP contribution in [0.5, 0.6) is 0 Å². The van der Waals surface area contributed by atoms with Crippen molar-refractivity contribution in [3.05, 3.63) is 83.9 Å². The SMILES string of the molecule is CC(C(=O)NC1CCCC1)N(Cc1ccccc1)C(=O)CCc1cccc2ccccc12.